The fraction of sp³-hybridized carbons (Fsp3) is 0.556. The van der Waals surface area contributed by atoms with Gasteiger partial charge in [-0.1, -0.05) is 26.7 Å². The van der Waals surface area contributed by atoms with Crippen molar-refractivity contribution in [1.29, 1.82) is 0 Å². The largest absolute Gasteiger partial charge is 0.346 e. The zero-order valence-electron chi connectivity index (χ0n) is 19.4. The van der Waals surface area contributed by atoms with E-state index in [1.165, 1.54) is 83.1 Å². The van der Waals surface area contributed by atoms with Gasteiger partial charge in [0.05, 0.1) is 5.69 Å². The minimum Gasteiger partial charge on any atom is -0.346 e. The number of rotatable bonds is 3. The van der Waals surface area contributed by atoms with Crippen molar-refractivity contribution in [2.75, 3.05) is 0 Å². The normalized spacial score (nSPS) is 20.2. The Balaban J connectivity index is 1.37. The third-order valence-electron chi connectivity index (χ3n) is 8.84. The SMILES string of the molecule is Cc1c(C2CC3(CCCC3)C2)sc2[nH]c(-c3cn4ncnc4c4c3CCC4)c(C(C)C)c12. The number of nitrogens with one attached hydrogen (secondary N) is 1. The summed E-state index contributed by atoms with van der Waals surface area (Å²) in [6.07, 6.45) is 16.1. The molecule has 0 atom stereocenters. The third-order valence-corrected chi connectivity index (χ3v) is 10.2. The van der Waals surface area contributed by atoms with Crippen LogP contribution in [0.15, 0.2) is 12.5 Å². The van der Waals surface area contributed by atoms with Gasteiger partial charge in [0.1, 0.15) is 11.2 Å². The quantitative estimate of drug-likeness (QED) is 0.360. The Bertz CT molecular complexity index is 1350. The number of nitrogens with zero attached hydrogens (tertiary/aromatic N) is 3. The fourth-order valence-corrected chi connectivity index (χ4v) is 8.72. The highest BCUT2D eigenvalue weighted by Crippen LogP contribution is 2.61. The zero-order valence-corrected chi connectivity index (χ0v) is 20.2. The smallest absolute Gasteiger partial charge is 0.158 e. The molecule has 2 saturated carbocycles. The average Bonchev–Trinajstić information content (AvgIpc) is 3.53. The zero-order chi connectivity index (χ0) is 21.6. The summed E-state index contributed by atoms with van der Waals surface area (Å²) in [6.45, 7) is 7.10. The second-order valence-electron chi connectivity index (χ2n) is 11.1. The first-order valence-corrected chi connectivity index (χ1v) is 13.4. The molecule has 1 spiro atoms. The molecule has 3 aliphatic rings. The maximum atomic E-state index is 4.55. The number of aryl methyl sites for hydroxylation is 2. The molecule has 32 heavy (non-hydrogen) atoms. The van der Waals surface area contributed by atoms with Crippen LogP contribution in [0.3, 0.4) is 0 Å². The van der Waals surface area contributed by atoms with E-state index in [1.807, 2.05) is 15.9 Å². The van der Waals surface area contributed by atoms with Crippen molar-refractivity contribution in [2.45, 2.75) is 90.4 Å². The molecule has 2 fully saturated rings. The molecule has 0 aromatic carbocycles. The van der Waals surface area contributed by atoms with Crippen LogP contribution in [-0.4, -0.2) is 19.6 Å². The third kappa shape index (κ3) is 2.55. The molecular weight excluding hydrogens is 412 g/mol. The molecule has 0 unspecified atom stereocenters. The van der Waals surface area contributed by atoms with Crippen LogP contribution in [0.5, 0.6) is 0 Å². The number of hydrogen-bond acceptors (Lipinski definition) is 3. The van der Waals surface area contributed by atoms with E-state index < -0.39 is 0 Å². The van der Waals surface area contributed by atoms with Crippen molar-refractivity contribution in [3.63, 3.8) is 0 Å². The van der Waals surface area contributed by atoms with Gasteiger partial charge in [-0.05, 0) is 85.8 Å². The Hall–Kier alpha value is -2.14. The topological polar surface area (TPSA) is 46.0 Å². The van der Waals surface area contributed by atoms with E-state index in [0.29, 0.717) is 11.3 Å². The number of pyridine rings is 1. The molecule has 0 saturated heterocycles. The molecule has 4 aromatic rings. The molecule has 0 aliphatic heterocycles. The summed E-state index contributed by atoms with van der Waals surface area (Å²) in [5.74, 6) is 1.27. The van der Waals surface area contributed by atoms with Crippen LogP contribution in [0.4, 0.5) is 0 Å². The van der Waals surface area contributed by atoms with Crippen LogP contribution in [0.1, 0.15) is 97.8 Å². The molecule has 4 heterocycles. The van der Waals surface area contributed by atoms with E-state index >= 15 is 0 Å². The average molecular weight is 445 g/mol. The van der Waals surface area contributed by atoms with Crippen molar-refractivity contribution < 1.29 is 0 Å². The van der Waals surface area contributed by atoms with Gasteiger partial charge in [-0.15, -0.1) is 11.3 Å². The van der Waals surface area contributed by atoms with Gasteiger partial charge in [0.15, 0.2) is 5.65 Å². The highest BCUT2D eigenvalue weighted by Gasteiger charge is 2.47. The van der Waals surface area contributed by atoms with Crippen molar-refractivity contribution >= 4 is 27.2 Å². The van der Waals surface area contributed by atoms with Gasteiger partial charge < -0.3 is 4.98 Å². The van der Waals surface area contributed by atoms with Crippen LogP contribution < -0.4 is 0 Å². The first-order valence-electron chi connectivity index (χ1n) is 12.5. The number of H-pyrrole nitrogens is 1. The monoisotopic (exact) mass is 444 g/mol. The molecule has 5 heteroatoms. The van der Waals surface area contributed by atoms with Crippen LogP contribution in [0.25, 0.3) is 27.1 Å². The molecule has 1 N–H and O–H groups in total. The van der Waals surface area contributed by atoms with Crippen molar-refractivity contribution in [3.05, 3.63) is 39.7 Å². The molecule has 0 bridgehead atoms. The predicted octanol–water partition coefficient (Wildman–Crippen LogP) is 7.30. The maximum absolute atomic E-state index is 4.55. The number of aromatic amines is 1. The summed E-state index contributed by atoms with van der Waals surface area (Å²) < 4.78 is 1.99. The van der Waals surface area contributed by atoms with E-state index in [2.05, 4.69) is 42.0 Å². The van der Waals surface area contributed by atoms with Gasteiger partial charge in [0, 0.05) is 27.6 Å². The van der Waals surface area contributed by atoms with Crippen LogP contribution in [0.2, 0.25) is 0 Å². The summed E-state index contributed by atoms with van der Waals surface area (Å²) in [6, 6.07) is 0. The van der Waals surface area contributed by atoms with Crippen LogP contribution in [-0.2, 0) is 12.8 Å². The molecule has 4 nitrogen and oxygen atoms in total. The van der Waals surface area contributed by atoms with Gasteiger partial charge >= 0.3 is 0 Å². The molecule has 4 aromatic heterocycles. The lowest BCUT2D eigenvalue weighted by molar-refractivity contribution is 0.112. The maximum Gasteiger partial charge on any atom is 0.158 e. The van der Waals surface area contributed by atoms with E-state index in [-0.39, 0.29) is 0 Å². The molecular formula is C27H32N4S. The lowest BCUT2D eigenvalue weighted by Gasteiger charge is -2.45. The predicted molar refractivity (Wildman–Crippen MR) is 132 cm³/mol. The second kappa shape index (κ2) is 6.69. The standard InChI is InChI=1S/C27H32N4S/c1-15(2)21-22-16(3)24(17-11-27(12-17)9-4-5-10-27)32-26(22)30-23(21)20-13-31-25(28-14-29-31)19-8-6-7-18(19)20/h13-15,17,30H,4-12H2,1-3H3. The molecule has 0 radical (unpaired) electrons. The van der Waals surface area contributed by atoms with Crippen molar-refractivity contribution in [2.24, 2.45) is 5.41 Å². The summed E-state index contributed by atoms with van der Waals surface area (Å²) in [5.41, 5.74) is 10.4. The highest BCUT2D eigenvalue weighted by atomic mass is 32.1. The van der Waals surface area contributed by atoms with E-state index in [0.717, 1.165) is 24.4 Å². The van der Waals surface area contributed by atoms with Gasteiger partial charge in [-0.3, -0.25) is 0 Å². The Kier molecular flexibility index (Phi) is 4.04. The first-order chi connectivity index (χ1) is 15.5. The van der Waals surface area contributed by atoms with Crippen LogP contribution >= 0.6 is 11.3 Å². The summed E-state index contributed by atoms with van der Waals surface area (Å²) in [5, 5.41) is 6.01. The number of aromatic nitrogens is 4. The molecule has 166 valence electrons. The lowest BCUT2D eigenvalue weighted by Crippen LogP contribution is -2.32. The summed E-state index contributed by atoms with van der Waals surface area (Å²) in [4.78, 5) is 11.5. The van der Waals surface area contributed by atoms with Crippen molar-refractivity contribution in [3.8, 4) is 11.3 Å². The Morgan fingerprint density at radius 3 is 2.69 bits per heavy atom. The second-order valence-corrected chi connectivity index (χ2v) is 12.1. The Labute approximate surface area is 193 Å². The minimum atomic E-state index is 0.478. The van der Waals surface area contributed by atoms with Crippen LogP contribution in [0, 0.1) is 12.3 Å². The van der Waals surface area contributed by atoms with E-state index in [1.54, 1.807) is 16.8 Å². The van der Waals surface area contributed by atoms with Gasteiger partial charge in [-0.25, -0.2) is 9.50 Å². The highest BCUT2D eigenvalue weighted by molar-refractivity contribution is 7.19. The van der Waals surface area contributed by atoms with E-state index in [9.17, 15) is 0 Å². The number of hydrogen-bond donors (Lipinski definition) is 1. The van der Waals surface area contributed by atoms with E-state index in [4.69, 9.17) is 0 Å². The molecule has 7 rings (SSSR count). The first kappa shape index (κ1) is 19.3. The number of fused-ring (bicyclic) bond motifs is 4. The fourth-order valence-electron chi connectivity index (χ4n) is 7.40. The molecule has 0 amide bonds. The molecule has 3 aliphatic carbocycles. The van der Waals surface area contributed by atoms with Gasteiger partial charge in [0.2, 0.25) is 0 Å². The Morgan fingerprint density at radius 1 is 1.12 bits per heavy atom. The van der Waals surface area contributed by atoms with Gasteiger partial charge in [0.25, 0.3) is 0 Å². The Morgan fingerprint density at radius 2 is 1.91 bits per heavy atom. The minimum absolute atomic E-state index is 0.478. The summed E-state index contributed by atoms with van der Waals surface area (Å²) in [7, 11) is 0. The van der Waals surface area contributed by atoms with Gasteiger partial charge in [-0.2, -0.15) is 5.10 Å². The van der Waals surface area contributed by atoms with Crippen molar-refractivity contribution in [1.82, 2.24) is 19.6 Å². The summed E-state index contributed by atoms with van der Waals surface area (Å²) >= 11 is 2.05. The lowest BCUT2D eigenvalue weighted by atomic mass is 9.60. The number of thiophene rings is 1.